The molecule has 0 radical (unpaired) electrons. The van der Waals surface area contributed by atoms with E-state index in [2.05, 4.69) is 13.8 Å². The molecule has 0 saturated carbocycles. The van der Waals surface area contributed by atoms with Crippen LogP contribution in [0.25, 0.3) is 0 Å². The standard InChI is InChI=1S/C16H30O2/c1-5-7-8-9-10-11-12-14(3)13-15(4)16(17)18-6-2/h13,15H,5-12H2,1-4H3/b14-13+. The summed E-state index contributed by atoms with van der Waals surface area (Å²) in [7, 11) is 0. The Hall–Kier alpha value is -0.790. The number of hydrogen-bond donors (Lipinski definition) is 0. The van der Waals surface area contributed by atoms with Gasteiger partial charge in [-0.1, -0.05) is 50.7 Å². The van der Waals surface area contributed by atoms with Crippen molar-refractivity contribution in [2.45, 2.75) is 72.6 Å². The first-order valence-corrected chi connectivity index (χ1v) is 7.45. The van der Waals surface area contributed by atoms with Crippen molar-refractivity contribution in [3.05, 3.63) is 11.6 Å². The van der Waals surface area contributed by atoms with Crippen LogP contribution in [0, 0.1) is 5.92 Å². The van der Waals surface area contributed by atoms with Crippen LogP contribution in [0.3, 0.4) is 0 Å². The molecule has 0 fully saturated rings. The van der Waals surface area contributed by atoms with Crippen LogP contribution in [0.5, 0.6) is 0 Å². The van der Waals surface area contributed by atoms with Crippen LogP contribution in [0.1, 0.15) is 72.6 Å². The minimum atomic E-state index is -0.111. The fraction of sp³-hybridized carbons (Fsp3) is 0.812. The van der Waals surface area contributed by atoms with Gasteiger partial charge in [0.05, 0.1) is 12.5 Å². The maximum absolute atomic E-state index is 11.5. The predicted molar refractivity (Wildman–Crippen MR) is 77.5 cm³/mol. The molecule has 0 aromatic rings. The molecule has 18 heavy (non-hydrogen) atoms. The maximum Gasteiger partial charge on any atom is 0.312 e. The number of unbranched alkanes of at least 4 members (excludes halogenated alkanes) is 5. The van der Waals surface area contributed by atoms with Gasteiger partial charge in [-0.2, -0.15) is 0 Å². The lowest BCUT2D eigenvalue weighted by Crippen LogP contribution is -2.12. The van der Waals surface area contributed by atoms with E-state index in [0.29, 0.717) is 6.61 Å². The second-order valence-electron chi connectivity index (χ2n) is 5.07. The third-order valence-electron chi connectivity index (χ3n) is 3.12. The Morgan fingerprint density at radius 3 is 2.33 bits per heavy atom. The molecule has 0 bridgehead atoms. The highest BCUT2D eigenvalue weighted by Crippen LogP contribution is 2.14. The average Bonchev–Trinajstić information content (AvgIpc) is 2.33. The number of carbonyl (C=O) groups is 1. The molecule has 0 aromatic carbocycles. The molecule has 0 heterocycles. The number of carbonyl (C=O) groups excluding carboxylic acids is 1. The van der Waals surface area contributed by atoms with Crippen molar-refractivity contribution in [3.8, 4) is 0 Å². The molecular weight excluding hydrogens is 224 g/mol. The lowest BCUT2D eigenvalue weighted by Gasteiger charge is -2.08. The Bertz CT molecular complexity index is 243. The molecule has 0 amide bonds. The first kappa shape index (κ1) is 17.2. The lowest BCUT2D eigenvalue weighted by molar-refractivity contribution is -0.145. The molecule has 0 aliphatic carbocycles. The number of allylic oxidation sites excluding steroid dienone is 1. The largest absolute Gasteiger partial charge is 0.466 e. The van der Waals surface area contributed by atoms with E-state index in [4.69, 9.17) is 4.74 Å². The molecule has 2 nitrogen and oxygen atoms in total. The molecule has 1 atom stereocenters. The summed E-state index contributed by atoms with van der Waals surface area (Å²) in [5.74, 6) is -0.218. The Morgan fingerprint density at radius 2 is 1.72 bits per heavy atom. The normalized spacial score (nSPS) is 13.4. The minimum Gasteiger partial charge on any atom is -0.466 e. The number of rotatable bonds is 10. The van der Waals surface area contributed by atoms with Gasteiger partial charge in [-0.05, 0) is 33.6 Å². The zero-order chi connectivity index (χ0) is 13.8. The van der Waals surface area contributed by atoms with Crippen LogP contribution in [0.4, 0.5) is 0 Å². The predicted octanol–water partition coefficient (Wildman–Crippen LogP) is 4.88. The molecular formula is C16H30O2. The molecule has 0 aromatic heterocycles. The maximum atomic E-state index is 11.5. The van der Waals surface area contributed by atoms with E-state index in [1.165, 1.54) is 44.1 Å². The van der Waals surface area contributed by atoms with E-state index >= 15 is 0 Å². The molecule has 0 spiro atoms. The van der Waals surface area contributed by atoms with Crippen molar-refractivity contribution in [3.63, 3.8) is 0 Å². The van der Waals surface area contributed by atoms with E-state index in [0.717, 1.165) is 6.42 Å². The molecule has 0 N–H and O–H groups in total. The van der Waals surface area contributed by atoms with E-state index < -0.39 is 0 Å². The minimum absolute atomic E-state index is 0.106. The van der Waals surface area contributed by atoms with Crippen LogP contribution < -0.4 is 0 Å². The first-order chi connectivity index (χ1) is 8.61. The fourth-order valence-electron chi connectivity index (χ4n) is 2.04. The van der Waals surface area contributed by atoms with Crippen molar-refractivity contribution < 1.29 is 9.53 Å². The summed E-state index contributed by atoms with van der Waals surface area (Å²) in [6.45, 7) is 8.57. The van der Waals surface area contributed by atoms with Crippen LogP contribution in [0.2, 0.25) is 0 Å². The monoisotopic (exact) mass is 254 g/mol. The summed E-state index contributed by atoms with van der Waals surface area (Å²) in [6, 6.07) is 0. The van der Waals surface area contributed by atoms with Gasteiger partial charge < -0.3 is 4.74 Å². The Labute approximate surface area is 113 Å². The summed E-state index contributed by atoms with van der Waals surface area (Å²) < 4.78 is 4.99. The summed E-state index contributed by atoms with van der Waals surface area (Å²) >= 11 is 0. The molecule has 106 valence electrons. The van der Waals surface area contributed by atoms with E-state index in [-0.39, 0.29) is 11.9 Å². The van der Waals surface area contributed by atoms with Gasteiger partial charge in [0.2, 0.25) is 0 Å². The van der Waals surface area contributed by atoms with Crippen LogP contribution in [-0.2, 0) is 9.53 Å². The highest BCUT2D eigenvalue weighted by atomic mass is 16.5. The topological polar surface area (TPSA) is 26.3 Å². The summed E-state index contributed by atoms with van der Waals surface area (Å²) in [6.07, 6.45) is 11.1. The van der Waals surface area contributed by atoms with Crippen molar-refractivity contribution in [2.24, 2.45) is 5.92 Å². The van der Waals surface area contributed by atoms with Crippen LogP contribution >= 0.6 is 0 Å². The number of hydrogen-bond acceptors (Lipinski definition) is 2. The summed E-state index contributed by atoms with van der Waals surface area (Å²) in [5.41, 5.74) is 1.31. The second-order valence-corrected chi connectivity index (χ2v) is 5.07. The molecule has 0 aliphatic rings. The van der Waals surface area contributed by atoms with E-state index in [9.17, 15) is 4.79 Å². The lowest BCUT2D eigenvalue weighted by atomic mass is 10.0. The smallest absolute Gasteiger partial charge is 0.312 e. The van der Waals surface area contributed by atoms with Gasteiger partial charge in [-0.15, -0.1) is 0 Å². The van der Waals surface area contributed by atoms with Crippen LogP contribution in [0.15, 0.2) is 11.6 Å². The van der Waals surface area contributed by atoms with Gasteiger partial charge in [0.25, 0.3) is 0 Å². The first-order valence-electron chi connectivity index (χ1n) is 7.45. The van der Waals surface area contributed by atoms with Gasteiger partial charge in [0.1, 0.15) is 0 Å². The van der Waals surface area contributed by atoms with Gasteiger partial charge >= 0.3 is 5.97 Å². The van der Waals surface area contributed by atoms with Crippen molar-refractivity contribution in [1.82, 2.24) is 0 Å². The Morgan fingerprint density at radius 1 is 1.11 bits per heavy atom. The van der Waals surface area contributed by atoms with Gasteiger partial charge in [-0.25, -0.2) is 0 Å². The third kappa shape index (κ3) is 9.26. The van der Waals surface area contributed by atoms with Crippen molar-refractivity contribution in [1.29, 1.82) is 0 Å². The van der Waals surface area contributed by atoms with Gasteiger partial charge in [0, 0.05) is 0 Å². The van der Waals surface area contributed by atoms with Gasteiger partial charge in [-0.3, -0.25) is 4.79 Å². The van der Waals surface area contributed by atoms with E-state index in [1.807, 2.05) is 19.9 Å². The van der Waals surface area contributed by atoms with Crippen LogP contribution in [-0.4, -0.2) is 12.6 Å². The molecule has 1 unspecified atom stereocenters. The number of esters is 1. The zero-order valence-electron chi connectivity index (χ0n) is 12.6. The van der Waals surface area contributed by atoms with E-state index in [1.54, 1.807) is 0 Å². The summed E-state index contributed by atoms with van der Waals surface area (Å²) in [5, 5.41) is 0. The molecule has 0 aliphatic heterocycles. The molecule has 2 heteroatoms. The third-order valence-corrected chi connectivity index (χ3v) is 3.12. The van der Waals surface area contributed by atoms with Gasteiger partial charge in [0.15, 0.2) is 0 Å². The Kier molecular flexibility index (Phi) is 10.8. The highest BCUT2D eigenvalue weighted by molar-refractivity contribution is 5.74. The van der Waals surface area contributed by atoms with Crippen molar-refractivity contribution in [2.75, 3.05) is 6.61 Å². The summed E-state index contributed by atoms with van der Waals surface area (Å²) in [4.78, 5) is 11.5. The quantitative estimate of drug-likeness (QED) is 0.315. The average molecular weight is 254 g/mol. The fourth-order valence-corrected chi connectivity index (χ4v) is 2.04. The second kappa shape index (κ2) is 11.3. The van der Waals surface area contributed by atoms with Crippen molar-refractivity contribution >= 4 is 5.97 Å². The highest BCUT2D eigenvalue weighted by Gasteiger charge is 2.10. The molecule has 0 saturated heterocycles. The number of ether oxygens (including phenoxy) is 1. The zero-order valence-corrected chi connectivity index (χ0v) is 12.6. The SMILES string of the molecule is CCCCCCCC/C(C)=C/C(C)C(=O)OCC. The Balaban J connectivity index is 3.73. The molecule has 0 rings (SSSR count).